The highest BCUT2D eigenvalue weighted by molar-refractivity contribution is 6.32. The first-order valence-electron chi connectivity index (χ1n) is 5.46. The molecule has 0 N–H and O–H groups in total. The third-order valence-corrected chi connectivity index (χ3v) is 3.13. The third-order valence-electron chi connectivity index (χ3n) is 2.59. The van der Waals surface area contributed by atoms with Crippen molar-refractivity contribution in [2.75, 3.05) is 0 Å². The SMILES string of the molecule is Cc1cc(Cl)cc(C)c1Oc1c(F)c(F)nc(F)c1Cl. The molecule has 0 atom stereocenters. The van der Waals surface area contributed by atoms with Crippen LogP contribution in [0.3, 0.4) is 0 Å². The lowest BCUT2D eigenvalue weighted by molar-refractivity contribution is 0.385. The van der Waals surface area contributed by atoms with Crippen LogP contribution in [0.2, 0.25) is 10.0 Å². The lowest BCUT2D eigenvalue weighted by atomic mass is 10.1. The van der Waals surface area contributed by atoms with Gasteiger partial charge in [-0.1, -0.05) is 23.2 Å². The molecule has 2 rings (SSSR count). The topological polar surface area (TPSA) is 22.1 Å². The summed E-state index contributed by atoms with van der Waals surface area (Å²) in [5.41, 5.74) is 1.14. The lowest BCUT2D eigenvalue weighted by Crippen LogP contribution is -2.01. The molecule has 0 aliphatic carbocycles. The highest BCUT2D eigenvalue weighted by atomic mass is 35.5. The quantitative estimate of drug-likeness (QED) is 0.708. The second-order valence-electron chi connectivity index (χ2n) is 4.12. The van der Waals surface area contributed by atoms with E-state index in [0.717, 1.165) is 0 Å². The van der Waals surface area contributed by atoms with E-state index in [1.165, 1.54) is 0 Å². The number of benzene rings is 1. The van der Waals surface area contributed by atoms with Crippen LogP contribution in [-0.4, -0.2) is 4.98 Å². The Hall–Kier alpha value is -1.46. The van der Waals surface area contributed by atoms with Gasteiger partial charge in [0.05, 0.1) is 0 Å². The molecule has 0 bridgehead atoms. The van der Waals surface area contributed by atoms with Crippen LogP contribution in [-0.2, 0) is 0 Å². The maximum Gasteiger partial charge on any atom is 0.255 e. The lowest BCUT2D eigenvalue weighted by Gasteiger charge is -2.14. The molecular weight excluding hydrogens is 314 g/mol. The normalized spacial score (nSPS) is 10.8. The van der Waals surface area contributed by atoms with Gasteiger partial charge in [0.2, 0.25) is 11.8 Å². The smallest absolute Gasteiger partial charge is 0.255 e. The molecule has 2 nitrogen and oxygen atoms in total. The summed E-state index contributed by atoms with van der Waals surface area (Å²) in [7, 11) is 0. The summed E-state index contributed by atoms with van der Waals surface area (Å²) in [6.45, 7) is 3.32. The standard InChI is InChI=1S/C13H8Cl2F3NO/c1-5-3-7(14)4-6(2)10(5)20-11-8(15)12(17)19-13(18)9(11)16/h3-4H,1-2H3. The first-order chi connectivity index (χ1) is 9.31. The molecule has 0 saturated carbocycles. The van der Waals surface area contributed by atoms with Crippen molar-refractivity contribution >= 4 is 23.2 Å². The van der Waals surface area contributed by atoms with Gasteiger partial charge in [0.25, 0.3) is 5.95 Å². The molecule has 0 spiro atoms. The van der Waals surface area contributed by atoms with Crippen molar-refractivity contribution in [3.8, 4) is 11.5 Å². The molecule has 0 aliphatic rings. The Morgan fingerprint density at radius 2 is 1.50 bits per heavy atom. The van der Waals surface area contributed by atoms with E-state index in [1.807, 2.05) is 0 Å². The zero-order chi connectivity index (χ0) is 15.0. The Kier molecular flexibility index (Phi) is 4.11. The van der Waals surface area contributed by atoms with Crippen LogP contribution in [0.1, 0.15) is 11.1 Å². The van der Waals surface area contributed by atoms with Gasteiger partial charge < -0.3 is 4.74 Å². The van der Waals surface area contributed by atoms with Gasteiger partial charge in [0.1, 0.15) is 10.8 Å². The van der Waals surface area contributed by atoms with E-state index in [0.29, 0.717) is 16.1 Å². The zero-order valence-corrected chi connectivity index (χ0v) is 11.9. The second kappa shape index (κ2) is 5.50. The van der Waals surface area contributed by atoms with Crippen LogP contribution in [0.25, 0.3) is 0 Å². The number of rotatable bonds is 2. The molecule has 2 aromatic rings. The Bertz CT molecular complexity index is 643. The molecule has 0 aliphatic heterocycles. The Labute approximate surface area is 123 Å². The van der Waals surface area contributed by atoms with Gasteiger partial charge in [0.15, 0.2) is 5.75 Å². The number of aryl methyl sites for hydroxylation is 2. The first kappa shape index (κ1) is 14.9. The summed E-state index contributed by atoms with van der Waals surface area (Å²) in [6, 6.07) is 3.15. The van der Waals surface area contributed by atoms with Gasteiger partial charge in [-0.15, -0.1) is 0 Å². The van der Waals surface area contributed by atoms with E-state index in [2.05, 4.69) is 4.98 Å². The molecule has 1 aromatic heterocycles. The fourth-order valence-corrected chi connectivity index (χ4v) is 2.21. The van der Waals surface area contributed by atoms with E-state index < -0.39 is 28.5 Å². The van der Waals surface area contributed by atoms with Crippen molar-refractivity contribution in [2.24, 2.45) is 0 Å². The summed E-state index contributed by atoms with van der Waals surface area (Å²) in [4.78, 5) is 2.69. The van der Waals surface area contributed by atoms with Crippen LogP contribution in [0.4, 0.5) is 13.2 Å². The highest BCUT2D eigenvalue weighted by Crippen LogP contribution is 2.37. The van der Waals surface area contributed by atoms with Crippen molar-refractivity contribution < 1.29 is 17.9 Å². The van der Waals surface area contributed by atoms with Gasteiger partial charge in [-0.2, -0.15) is 18.2 Å². The van der Waals surface area contributed by atoms with Gasteiger partial charge >= 0.3 is 0 Å². The molecule has 0 unspecified atom stereocenters. The van der Waals surface area contributed by atoms with Crippen LogP contribution >= 0.6 is 23.2 Å². The molecule has 106 valence electrons. The summed E-state index contributed by atoms with van der Waals surface area (Å²) in [5.74, 6) is -4.94. The fourth-order valence-electron chi connectivity index (χ4n) is 1.72. The van der Waals surface area contributed by atoms with Crippen LogP contribution in [0.15, 0.2) is 12.1 Å². The Morgan fingerprint density at radius 1 is 0.950 bits per heavy atom. The largest absolute Gasteiger partial charge is 0.452 e. The van der Waals surface area contributed by atoms with Crippen molar-refractivity contribution in [2.45, 2.75) is 13.8 Å². The molecule has 0 saturated heterocycles. The van der Waals surface area contributed by atoms with Crippen LogP contribution in [0, 0.1) is 31.6 Å². The van der Waals surface area contributed by atoms with Crippen molar-refractivity contribution in [1.29, 1.82) is 0 Å². The molecule has 0 radical (unpaired) electrons. The minimum Gasteiger partial charge on any atom is -0.452 e. The molecule has 0 amide bonds. The van der Waals surface area contributed by atoms with E-state index in [9.17, 15) is 13.2 Å². The van der Waals surface area contributed by atoms with Gasteiger partial charge in [-0.3, -0.25) is 0 Å². The number of hydrogen-bond acceptors (Lipinski definition) is 2. The van der Waals surface area contributed by atoms with Crippen LogP contribution in [0.5, 0.6) is 11.5 Å². The first-order valence-corrected chi connectivity index (χ1v) is 6.21. The summed E-state index contributed by atoms with van der Waals surface area (Å²) >= 11 is 11.4. The maximum absolute atomic E-state index is 13.6. The Balaban J connectivity index is 2.56. The minimum atomic E-state index is -1.62. The maximum atomic E-state index is 13.6. The van der Waals surface area contributed by atoms with Gasteiger partial charge in [-0.05, 0) is 37.1 Å². The molecule has 1 heterocycles. The predicted molar refractivity (Wildman–Crippen MR) is 70.1 cm³/mol. The third kappa shape index (κ3) is 2.69. The number of nitrogens with zero attached hydrogens (tertiary/aromatic N) is 1. The van der Waals surface area contributed by atoms with E-state index >= 15 is 0 Å². The molecular formula is C13H8Cl2F3NO. The van der Waals surface area contributed by atoms with Crippen LogP contribution < -0.4 is 4.74 Å². The monoisotopic (exact) mass is 321 g/mol. The average molecular weight is 322 g/mol. The van der Waals surface area contributed by atoms with Gasteiger partial charge in [-0.25, -0.2) is 0 Å². The second-order valence-corrected chi connectivity index (χ2v) is 4.94. The average Bonchev–Trinajstić information content (AvgIpc) is 2.34. The molecule has 0 fully saturated rings. The number of ether oxygens (including phenoxy) is 1. The molecule has 7 heteroatoms. The summed E-state index contributed by atoms with van der Waals surface area (Å²) in [5, 5.41) is -0.261. The van der Waals surface area contributed by atoms with Crippen molar-refractivity contribution in [3.63, 3.8) is 0 Å². The number of halogens is 5. The van der Waals surface area contributed by atoms with Crippen molar-refractivity contribution in [1.82, 2.24) is 4.98 Å². The molecule has 20 heavy (non-hydrogen) atoms. The zero-order valence-electron chi connectivity index (χ0n) is 10.4. The fraction of sp³-hybridized carbons (Fsp3) is 0.154. The Morgan fingerprint density at radius 3 is 2.05 bits per heavy atom. The summed E-state index contributed by atoms with van der Waals surface area (Å²) in [6.07, 6.45) is 0. The number of hydrogen-bond donors (Lipinski definition) is 0. The van der Waals surface area contributed by atoms with E-state index in [-0.39, 0.29) is 5.75 Å². The molecule has 1 aromatic carbocycles. The summed E-state index contributed by atoms with van der Waals surface area (Å²) < 4.78 is 45.2. The van der Waals surface area contributed by atoms with Crippen molar-refractivity contribution in [3.05, 3.63) is 51.0 Å². The predicted octanol–water partition coefficient (Wildman–Crippen LogP) is 5.21. The van der Waals surface area contributed by atoms with E-state index in [4.69, 9.17) is 27.9 Å². The van der Waals surface area contributed by atoms with E-state index in [1.54, 1.807) is 26.0 Å². The number of pyridine rings is 1. The highest BCUT2D eigenvalue weighted by Gasteiger charge is 2.22. The van der Waals surface area contributed by atoms with Gasteiger partial charge in [0, 0.05) is 5.02 Å². The number of aromatic nitrogens is 1. The minimum absolute atomic E-state index is 0.222.